The Kier molecular flexibility index (Phi) is 5.87. The molecule has 0 bridgehead atoms. The average Bonchev–Trinajstić information content (AvgIpc) is 3.10. The summed E-state index contributed by atoms with van der Waals surface area (Å²) < 4.78 is 0. The van der Waals surface area contributed by atoms with Crippen molar-refractivity contribution < 1.29 is 4.79 Å². The minimum Gasteiger partial charge on any atom is -0.294 e. The van der Waals surface area contributed by atoms with Gasteiger partial charge in [0.1, 0.15) is 0 Å². The van der Waals surface area contributed by atoms with Crippen molar-refractivity contribution in [2.24, 2.45) is 0 Å². The molecule has 28 heavy (non-hydrogen) atoms. The Morgan fingerprint density at radius 1 is 0.821 bits per heavy atom. The molecule has 0 unspecified atom stereocenters. The van der Waals surface area contributed by atoms with Crippen LogP contribution in [0.2, 0.25) is 0 Å². The summed E-state index contributed by atoms with van der Waals surface area (Å²) in [6, 6.07) is 16.8. The summed E-state index contributed by atoms with van der Waals surface area (Å²) in [4.78, 5) is 13.8. The highest BCUT2D eigenvalue weighted by Crippen LogP contribution is 2.43. The molecule has 3 aromatic carbocycles. The van der Waals surface area contributed by atoms with Gasteiger partial charge in [-0.05, 0) is 58.4 Å². The van der Waals surface area contributed by atoms with E-state index in [1.165, 1.54) is 59.7 Å². The Morgan fingerprint density at radius 2 is 1.54 bits per heavy atom. The topological polar surface area (TPSA) is 17.1 Å². The summed E-state index contributed by atoms with van der Waals surface area (Å²) in [7, 11) is 0. The van der Waals surface area contributed by atoms with E-state index in [2.05, 4.69) is 49.4 Å². The smallest absolute Gasteiger partial charge is 0.164 e. The highest BCUT2D eigenvalue weighted by Gasteiger charge is 2.28. The fraction of sp³-hybridized carbons (Fsp3) is 0.346. The number of ketones is 1. The molecule has 2 heteroatoms. The molecule has 0 aromatic heterocycles. The average molecular weight is 389 g/mol. The lowest BCUT2D eigenvalue weighted by Crippen LogP contribution is -2.02. The summed E-state index contributed by atoms with van der Waals surface area (Å²) in [5.74, 6) is 0.290. The first-order valence-electron chi connectivity index (χ1n) is 10.6. The first kappa shape index (κ1) is 19.3. The number of carbonyl (C=O) groups excluding carboxylic acids is 1. The number of fused-ring (bicyclic) bond motifs is 3. The van der Waals surface area contributed by atoms with Gasteiger partial charge in [-0.1, -0.05) is 75.1 Å². The lowest BCUT2D eigenvalue weighted by molar-refractivity contribution is 0.0996. The van der Waals surface area contributed by atoms with Crippen molar-refractivity contribution in [2.75, 3.05) is 0 Å². The third-order valence-corrected chi connectivity index (χ3v) is 6.40. The molecule has 4 rings (SSSR count). The van der Waals surface area contributed by atoms with Crippen LogP contribution < -0.4 is 0 Å². The van der Waals surface area contributed by atoms with Gasteiger partial charge >= 0.3 is 0 Å². The van der Waals surface area contributed by atoms with Gasteiger partial charge in [0.2, 0.25) is 0 Å². The Bertz CT molecular complexity index is 1020. The van der Waals surface area contributed by atoms with Gasteiger partial charge in [-0.25, -0.2) is 0 Å². The van der Waals surface area contributed by atoms with Crippen LogP contribution in [0.3, 0.4) is 0 Å². The number of carbonyl (C=O) groups is 1. The lowest BCUT2D eigenvalue weighted by atomic mass is 9.84. The maximum atomic E-state index is 12.8. The van der Waals surface area contributed by atoms with Crippen LogP contribution in [0.5, 0.6) is 0 Å². The van der Waals surface area contributed by atoms with E-state index in [1.807, 2.05) is 6.07 Å². The Hall–Kier alpha value is -2.06. The molecule has 0 saturated heterocycles. The van der Waals surface area contributed by atoms with E-state index in [-0.39, 0.29) is 0 Å². The molecule has 1 nitrogen and oxygen atoms in total. The number of rotatable bonds is 7. The SMILES string of the molecule is CCCCCCCc1c(-c2ccccc2S)c2c(c3ccccc13)C(=O)CC2. The molecule has 0 saturated carbocycles. The molecule has 144 valence electrons. The van der Waals surface area contributed by atoms with Crippen molar-refractivity contribution in [1.82, 2.24) is 0 Å². The molecule has 1 aliphatic rings. The van der Waals surface area contributed by atoms with Crippen molar-refractivity contribution in [3.8, 4) is 11.1 Å². The van der Waals surface area contributed by atoms with E-state index >= 15 is 0 Å². The molecule has 0 N–H and O–H groups in total. The molecular formula is C26H28OS. The maximum absolute atomic E-state index is 12.8. The number of Topliss-reactive ketones (excluding diaryl/α,β-unsaturated/α-hetero) is 1. The summed E-state index contributed by atoms with van der Waals surface area (Å²) in [5, 5.41) is 2.39. The quantitative estimate of drug-likeness (QED) is 0.329. The predicted molar refractivity (Wildman–Crippen MR) is 122 cm³/mol. The zero-order valence-corrected chi connectivity index (χ0v) is 17.5. The van der Waals surface area contributed by atoms with Crippen LogP contribution in [0.4, 0.5) is 0 Å². The minimum absolute atomic E-state index is 0.290. The van der Waals surface area contributed by atoms with E-state index < -0.39 is 0 Å². The third-order valence-electron chi connectivity index (χ3n) is 6.01. The van der Waals surface area contributed by atoms with Gasteiger partial charge in [-0.2, -0.15) is 0 Å². The molecule has 0 spiro atoms. The third kappa shape index (κ3) is 3.51. The highest BCUT2D eigenvalue weighted by atomic mass is 32.1. The molecule has 1 aliphatic carbocycles. The molecule has 0 atom stereocenters. The number of thiol groups is 1. The molecule has 0 aliphatic heterocycles. The van der Waals surface area contributed by atoms with Crippen LogP contribution in [0.15, 0.2) is 53.4 Å². The van der Waals surface area contributed by atoms with E-state index in [1.54, 1.807) is 0 Å². The summed E-state index contributed by atoms with van der Waals surface area (Å²) in [6.45, 7) is 2.26. The fourth-order valence-corrected chi connectivity index (χ4v) is 4.95. The molecule has 3 aromatic rings. The van der Waals surface area contributed by atoms with Gasteiger partial charge in [0.25, 0.3) is 0 Å². The second kappa shape index (κ2) is 8.53. The summed E-state index contributed by atoms with van der Waals surface area (Å²) in [5.41, 5.74) is 6.06. The summed E-state index contributed by atoms with van der Waals surface area (Å²) >= 11 is 4.77. The van der Waals surface area contributed by atoms with Crippen LogP contribution in [-0.4, -0.2) is 5.78 Å². The van der Waals surface area contributed by atoms with Crippen LogP contribution in [0.1, 0.15) is 66.9 Å². The Labute approximate surface area is 173 Å². The van der Waals surface area contributed by atoms with Crippen molar-refractivity contribution in [3.05, 3.63) is 65.2 Å². The van der Waals surface area contributed by atoms with Crippen LogP contribution in [0.25, 0.3) is 21.9 Å². The van der Waals surface area contributed by atoms with Crippen LogP contribution >= 0.6 is 12.6 Å². The first-order chi connectivity index (χ1) is 13.7. The van der Waals surface area contributed by atoms with Gasteiger partial charge in [-0.3, -0.25) is 4.79 Å². The van der Waals surface area contributed by atoms with E-state index in [0.717, 1.165) is 28.7 Å². The minimum atomic E-state index is 0.290. The number of aryl methyl sites for hydroxylation is 1. The molecular weight excluding hydrogens is 360 g/mol. The second-order valence-electron chi connectivity index (χ2n) is 7.86. The van der Waals surface area contributed by atoms with Crippen molar-refractivity contribution >= 4 is 29.2 Å². The number of hydrogen-bond donors (Lipinski definition) is 1. The van der Waals surface area contributed by atoms with Crippen molar-refractivity contribution in [2.45, 2.75) is 63.2 Å². The number of hydrogen-bond acceptors (Lipinski definition) is 2. The largest absolute Gasteiger partial charge is 0.294 e. The number of benzene rings is 3. The summed E-state index contributed by atoms with van der Waals surface area (Å²) in [6.07, 6.45) is 8.87. The first-order valence-corrected chi connectivity index (χ1v) is 11.0. The zero-order valence-electron chi connectivity index (χ0n) is 16.6. The fourth-order valence-electron chi connectivity index (χ4n) is 4.68. The Balaban J connectivity index is 1.91. The van der Waals surface area contributed by atoms with E-state index in [9.17, 15) is 4.79 Å². The standard InChI is InChI=1S/C26H28OS/c1-2-3-4-5-6-12-19-18-11-7-8-13-20(18)26-22(16-17-23(26)27)25(19)21-14-9-10-15-24(21)28/h7-11,13-15,28H,2-6,12,16-17H2,1H3. The van der Waals surface area contributed by atoms with Crippen LogP contribution in [0, 0.1) is 0 Å². The zero-order chi connectivity index (χ0) is 19.5. The molecule has 0 heterocycles. The van der Waals surface area contributed by atoms with Gasteiger partial charge < -0.3 is 0 Å². The lowest BCUT2D eigenvalue weighted by Gasteiger charge is -2.20. The predicted octanol–water partition coefficient (Wildman–Crippen LogP) is 7.44. The van der Waals surface area contributed by atoms with E-state index in [4.69, 9.17) is 12.6 Å². The Morgan fingerprint density at radius 3 is 2.32 bits per heavy atom. The van der Waals surface area contributed by atoms with Crippen molar-refractivity contribution in [1.29, 1.82) is 0 Å². The second-order valence-corrected chi connectivity index (χ2v) is 8.34. The van der Waals surface area contributed by atoms with Crippen LogP contribution in [-0.2, 0) is 12.8 Å². The van der Waals surface area contributed by atoms with Gasteiger partial charge in [0.15, 0.2) is 5.78 Å². The maximum Gasteiger partial charge on any atom is 0.164 e. The monoisotopic (exact) mass is 388 g/mol. The van der Waals surface area contributed by atoms with Gasteiger partial charge in [0, 0.05) is 16.9 Å². The molecule has 0 radical (unpaired) electrons. The van der Waals surface area contributed by atoms with Crippen molar-refractivity contribution in [3.63, 3.8) is 0 Å². The normalized spacial score (nSPS) is 13.3. The molecule has 0 amide bonds. The van der Waals surface area contributed by atoms with Gasteiger partial charge in [-0.15, -0.1) is 12.6 Å². The van der Waals surface area contributed by atoms with E-state index in [0.29, 0.717) is 12.2 Å². The number of unbranched alkanes of at least 4 members (excludes halogenated alkanes) is 4. The van der Waals surface area contributed by atoms with Gasteiger partial charge in [0.05, 0.1) is 0 Å². The molecule has 0 fully saturated rings. The highest BCUT2D eigenvalue weighted by molar-refractivity contribution is 7.80.